The molecule has 1 aliphatic rings. The maximum absolute atomic E-state index is 14.9. The molecule has 0 bridgehead atoms. The van der Waals surface area contributed by atoms with Crippen LogP contribution in [-0.4, -0.2) is 34.3 Å². The largest absolute Gasteiger partial charge is 0.496 e. The molecular weight excluding hydrogens is 508 g/mol. The Morgan fingerprint density at radius 1 is 1.18 bits per heavy atom. The van der Waals surface area contributed by atoms with E-state index in [1.807, 2.05) is 6.92 Å². The van der Waals surface area contributed by atoms with E-state index in [9.17, 15) is 27.2 Å². The van der Waals surface area contributed by atoms with Crippen molar-refractivity contribution in [1.82, 2.24) is 15.1 Å². The van der Waals surface area contributed by atoms with Crippen LogP contribution in [0.5, 0.6) is 5.75 Å². The lowest BCUT2D eigenvalue weighted by molar-refractivity contribution is -0.165. The lowest BCUT2D eigenvalue weighted by Gasteiger charge is -2.14. The Morgan fingerprint density at radius 2 is 1.95 bits per heavy atom. The highest BCUT2D eigenvalue weighted by Gasteiger charge is 2.66. The molecule has 4 aromatic rings. The van der Waals surface area contributed by atoms with E-state index in [0.29, 0.717) is 23.2 Å². The molecular formula is C26H22F4N4O4. The molecule has 2 aromatic carbocycles. The van der Waals surface area contributed by atoms with Crippen LogP contribution >= 0.6 is 0 Å². The number of benzene rings is 2. The van der Waals surface area contributed by atoms with E-state index in [0.717, 1.165) is 17.7 Å². The number of amides is 1. The summed E-state index contributed by atoms with van der Waals surface area (Å²) in [4.78, 5) is 32.2. The van der Waals surface area contributed by atoms with Crippen molar-refractivity contribution in [3.63, 3.8) is 0 Å². The third kappa shape index (κ3) is 4.50. The number of nitrogens with one attached hydrogen (secondary N) is 2. The standard InChI is InChI=1S/C26H22F4N4O4/c1-3-13-9-17-18(11-19(13)37-2)32-24(36)23(31-17)15-5-4-14(16(27)8-15)10-22(35)33-21-12-20(38-34-21)25(6-7-25)26(28,29)30/h4-5,8-9,11-12H,3,6-7,10H2,1-2H3,(H,32,36)(H,33,34,35). The number of carbonyl (C=O) groups is 1. The van der Waals surface area contributed by atoms with Gasteiger partial charge in [-0.1, -0.05) is 24.2 Å². The second kappa shape index (κ2) is 9.26. The number of alkyl halides is 3. The first-order valence-corrected chi connectivity index (χ1v) is 11.8. The van der Waals surface area contributed by atoms with Crippen molar-refractivity contribution in [3.8, 4) is 17.0 Å². The van der Waals surface area contributed by atoms with Crippen LogP contribution in [0, 0.1) is 5.82 Å². The number of fused-ring (bicyclic) bond motifs is 1. The molecule has 12 heteroatoms. The van der Waals surface area contributed by atoms with E-state index in [4.69, 9.17) is 9.26 Å². The van der Waals surface area contributed by atoms with Crippen LogP contribution in [0.4, 0.5) is 23.4 Å². The van der Waals surface area contributed by atoms with E-state index in [1.54, 1.807) is 12.1 Å². The smallest absolute Gasteiger partial charge is 0.401 e. The van der Waals surface area contributed by atoms with Crippen LogP contribution in [0.2, 0.25) is 0 Å². The highest BCUT2D eigenvalue weighted by atomic mass is 19.4. The highest BCUT2D eigenvalue weighted by molar-refractivity contribution is 5.91. The monoisotopic (exact) mass is 530 g/mol. The van der Waals surface area contributed by atoms with E-state index in [2.05, 4.69) is 20.4 Å². The summed E-state index contributed by atoms with van der Waals surface area (Å²) in [6, 6.07) is 8.42. The van der Waals surface area contributed by atoms with Gasteiger partial charge < -0.3 is 19.6 Å². The Balaban J connectivity index is 1.33. The number of methoxy groups -OCH3 is 1. The SMILES string of the molecule is CCc1cc2nc(-c3ccc(CC(=O)Nc4cc(C5(C(F)(F)F)CC5)on4)c(F)c3)c(=O)[nH]c2cc1OC. The summed E-state index contributed by atoms with van der Waals surface area (Å²) in [5.41, 5.74) is -0.485. The molecule has 8 nitrogen and oxygen atoms in total. The molecule has 5 rings (SSSR count). The van der Waals surface area contributed by atoms with Gasteiger partial charge in [0.1, 0.15) is 22.7 Å². The van der Waals surface area contributed by atoms with Gasteiger partial charge in [0.05, 0.1) is 24.6 Å². The zero-order chi connectivity index (χ0) is 27.2. The fourth-order valence-electron chi connectivity index (χ4n) is 4.37. The Morgan fingerprint density at radius 3 is 2.58 bits per heavy atom. The van der Waals surface area contributed by atoms with E-state index in [1.165, 1.54) is 19.2 Å². The molecule has 1 amide bonds. The average molecular weight is 530 g/mol. The average Bonchev–Trinajstić information content (AvgIpc) is 3.58. The van der Waals surface area contributed by atoms with Gasteiger partial charge in [-0.05, 0) is 42.5 Å². The van der Waals surface area contributed by atoms with Crippen LogP contribution in [0.1, 0.15) is 36.7 Å². The predicted molar refractivity (Wildman–Crippen MR) is 129 cm³/mol. The van der Waals surface area contributed by atoms with Crippen molar-refractivity contribution >= 4 is 22.8 Å². The Bertz CT molecular complexity index is 1610. The molecule has 2 aromatic heterocycles. The number of carbonyl (C=O) groups excluding carboxylic acids is 1. The lowest BCUT2D eigenvalue weighted by atomic mass is 10.0. The zero-order valence-corrected chi connectivity index (χ0v) is 20.3. The number of halogens is 4. The fourth-order valence-corrected chi connectivity index (χ4v) is 4.37. The number of aromatic nitrogens is 3. The number of H-pyrrole nitrogens is 1. The van der Waals surface area contributed by atoms with E-state index >= 15 is 0 Å². The number of hydrogen-bond donors (Lipinski definition) is 2. The summed E-state index contributed by atoms with van der Waals surface area (Å²) in [5.74, 6) is -1.39. The van der Waals surface area contributed by atoms with Crippen LogP contribution < -0.4 is 15.6 Å². The minimum Gasteiger partial charge on any atom is -0.496 e. The number of rotatable bonds is 7. The number of aromatic amines is 1. The number of hydrogen-bond acceptors (Lipinski definition) is 6. The molecule has 0 unspecified atom stereocenters. The topological polar surface area (TPSA) is 110 Å². The molecule has 0 radical (unpaired) electrons. The molecule has 38 heavy (non-hydrogen) atoms. The van der Waals surface area contributed by atoms with Crippen LogP contribution in [0.15, 0.2) is 45.7 Å². The summed E-state index contributed by atoms with van der Waals surface area (Å²) in [5, 5.41) is 5.83. The van der Waals surface area contributed by atoms with Gasteiger partial charge >= 0.3 is 6.18 Å². The first-order chi connectivity index (χ1) is 18.0. The van der Waals surface area contributed by atoms with Gasteiger partial charge in [-0.2, -0.15) is 13.2 Å². The minimum absolute atomic E-state index is 0.00779. The maximum atomic E-state index is 14.9. The second-order valence-corrected chi connectivity index (χ2v) is 9.14. The molecule has 198 valence electrons. The van der Waals surface area contributed by atoms with Crippen LogP contribution in [0.25, 0.3) is 22.3 Å². The van der Waals surface area contributed by atoms with Crippen molar-refractivity contribution in [2.45, 2.75) is 44.2 Å². The molecule has 0 saturated heterocycles. The molecule has 1 aliphatic carbocycles. The number of nitrogens with zero attached hydrogens (tertiary/aromatic N) is 2. The second-order valence-electron chi connectivity index (χ2n) is 9.14. The fraction of sp³-hybridized carbons (Fsp3) is 0.308. The van der Waals surface area contributed by atoms with Crippen LogP contribution in [0.3, 0.4) is 0 Å². The Labute approximate surface area is 213 Å². The normalized spacial score (nSPS) is 14.5. The summed E-state index contributed by atoms with van der Waals surface area (Å²) in [6.45, 7) is 1.95. The molecule has 1 saturated carbocycles. The van der Waals surface area contributed by atoms with Crippen molar-refractivity contribution in [2.24, 2.45) is 0 Å². The van der Waals surface area contributed by atoms with Crippen LogP contribution in [-0.2, 0) is 23.1 Å². The molecule has 2 heterocycles. The Kier molecular flexibility index (Phi) is 6.20. The molecule has 0 aliphatic heterocycles. The summed E-state index contributed by atoms with van der Waals surface area (Å²) in [7, 11) is 1.53. The number of ether oxygens (including phenoxy) is 1. The predicted octanol–water partition coefficient (Wildman–Crippen LogP) is 5.06. The van der Waals surface area contributed by atoms with Gasteiger partial charge in [-0.15, -0.1) is 0 Å². The summed E-state index contributed by atoms with van der Waals surface area (Å²) < 4.78 is 64.8. The van der Waals surface area contributed by atoms with Crippen molar-refractivity contribution in [3.05, 3.63) is 69.5 Å². The van der Waals surface area contributed by atoms with Gasteiger partial charge in [0.2, 0.25) is 5.91 Å². The zero-order valence-electron chi connectivity index (χ0n) is 20.3. The summed E-state index contributed by atoms with van der Waals surface area (Å²) in [6.07, 6.45) is -4.44. The molecule has 0 spiro atoms. The first kappa shape index (κ1) is 25.4. The van der Waals surface area contributed by atoms with Gasteiger partial charge in [0.25, 0.3) is 5.56 Å². The molecule has 0 atom stereocenters. The van der Waals surface area contributed by atoms with Crippen molar-refractivity contribution < 1.29 is 31.6 Å². The van der Waals surface area contributed by atoms with Crippen molar-refractivity contribution in [2.75, 3.05) is 12.4 Å². The first-order valence-electron chi connectivity index (χ1n) is 11.8. The highest BCUT2D eigenvalue weighted by Crippen LogP contribution is 2.59. The quantitative estimate of drug-likeness (QED) is 0.323. The third-order valence-corrected chi connectivity index (χ3v) is 6.69. The Hall–Kier alpha value is -4.22. The van der Waals surface area contributed by atoms with E-state index < -0.39 is 35.3 Å². The van der Waals surface area contributed by atoms with Crippen molar-refractivity contribution in [1.29, 1.82) is 0 Å². The molecule has 2 N–H and O–H groups in total. The van der Waals surface area contributed by atoms with Gasteiger partial charge in [0, 0.05) is 17.7 Å². The molecule has 1 fully saturated rings. The van der Waals surface area contributed by atoms with Gasteiger partial charge in [-0.3, -0.25) is 9.59 Å². The van der Waals surface area contributed by atoms with E-state index in [-0.39, 0.29) is 41.2 Å². The third-order valence-electron chi connectivity index (χ3n) is 6.69. The number of anilines is 1. The van der Waals surface area contributed by atoms with Gasteiger partial charge in [0.15, 0.2) is 11.6 Å². The maximum Gasteiger partial charge on any atom is 0.401 e. The minimum atomic E-state index is -4.48. The van der Waals surface area contributed by atoms with Gasteiger partial charge in [-0.25, -0.2) is 9.37 Å². The summed E-state index contributed by atoms with van der Waals surface area (Å²) >= 11 is 0. The lowest BCUT2D eigenvalue weighted by Crippen LogP contribution is -2.28. The number of aryl methyl sites for hydroxylation is 1.